The minimum atomic E-state index is -0.891. The Hall–Kier alpha value is -11.6. The van der Waals surface area contributed by atoms with E-state index >= 15 is 0 Å². The summed E-state index contributed by atoms with van der Waals surface area (Å²) in [6, 6.07) is 56.3. The Morgan fingerprint density at radius 2 is 0.547 bits per heavy atom. The number of likely N-dealkylation sites (tertiary alicyclic amines) is 3. The summed E-state index contributed by atoms with van der Waals surface area (Å²) in [5.41, 5.74) is 5.42. The number of halogens is 11. The number of carboxylic acids is 1. The van der Waals surface area contributed by atoms with Crippen LogP contribution in [0.2, 0.25) is 25.1 Å². The predicted octanol–water partition coefficient (Wildman–Crippen LogP) is 21.6. The zero-order valence-electron chi connectivity index (χ0n) is 82.4. The van der Waals surface area contributed by atoms with E-state index in [1.807, 2.05) is 120 Å². The van der Waals surface area contributed by atoms with Crippen LogP contribution in [0.4, 0.5) is 44.7 Å². The van der Waals surface area contributed by atoms with Gasteiger partial charge in [0.25, 0.3) is 0 Å². The lowest BCUT2D eigenvalue weighted by Crippen LogP contribution is -2.48. The van der Waals surface area contributed by atoms with Gasteiger partial charge in [0.15, 0.2) is 34.5 Å². The van der Waals surface area contributed by atoms with Crippen molar-refractivity contribution in [2.24, 2.45) is 23.7 Å². The van der Waals surface area contributed by atoms with Gasteiger partial charge in [-0.05, 0) is 321 Å². The molecule has 10 atom stereocenters. The van der Waals surface area contributed by atoms with Gasteiger partial charge < -0.3 is 99.1 Å². The van der Waals surface area contributed by atoms with Crippen LogP contribution in [-0.2, 0) is 19.2 Å². The highest BCUT2D eigenvalue weighted by Gasteiger charge is 2.40. The first-order valence-corrected chi connectivity index (χ1v) is 53.9. The fraction of sp³-hybridized carbons (Fsp3) is 0.374. The fourth-order valence-corrected chi connectivity index (χ4v) is 23.7. The third kappa shape index (κ3) is 25.1. The number of nitrogens with one attached hydrogen (secondary N) is 3. The van der Waals surface area contributed by atoms with Crippen molar-refractivity contribution < 1.29 is 90.0 Å². The van der Waals surface area contributed by atoms with Crippen molar-refractivity contribution >= 4 is 174 Å². The molecule has 0 spiro atoms. The van der Waals surface area contributed by atoms with Crippen LogP contribution in [0, 0.1) is 52.8 Å². The van der Waals surface area contributed by atoms with Crippen molar-refractivity contribution in [3.05, 3.63) is 282 Å². The molecule has 10 aliphatic rings. The molecule has 3 amide bonds. The number of hydrogen-bond donors (Lipinski definition) is 7. The Morgan fingerprint density at radius 3 is 0.807 bits per heavy atom. The van der Waals surface area contributed by atoms with Crippen LogP contribution < -0.4 is 64.0 Å². The van der Waals surface area contributed by atoms with E-state index < -0.39 is 42.4 Å². The summed E-state index contributed by atoms with van der Waals surface area (Å²) in [6.45, 7) is 15.2. The summed E-state index contributed by atoms with van der Waals surface area (Å²) in [5, 5.41) is 63.5. The molecule has 23 rings (SSSR count). The summed E-state index contributed by atoms with van der Waals surface area (Å²) in [5.74, 6) is 0.357. The molecule has 10 heterocycles. The molecule has 0 aliphatic carbocycles. The largest absolute Gasteiger partial charge is 0.486 e. The van der Waals surface area contributed by atoms with Crippen LogP contribution >= 0.6 is 73.9 Å². The molecular weight excluding hydrogens is 2100 g/mol. The van der Waals surface area contributed by atoms with E-state index in [0.717, 1.165) is 159 Å². The van der Waals surface area contributed by atoms with Crippen LogP contribution in [0.15, 0.2) is 211 Å². The second-order valence-electron chi connectivity index (χ2n) is 39.8. The van der Waals surface area contributed by atoms with Crippen LogP contribution in [0.5, 0.6) is 34.5 Å². The first-order chi connectivity index (χ1) is 72.6. The van der Waals surface area contributed by atoms with Crippen molar-refractivity contribution in [3.8, 4) is 34.5 Å². The van der Waals surface area contributed by atoms with Crippen molar-refractivity contribution in [1.29, 1.82) is 0 Å². The lowest BCUT2D eigenvalue weighted by Gasteiger charge is -2.30. The highest BCUT2D eigenvalue weighted by molar-refractivity contribution is 9.10. The number of hydrogen-bond acceptors (Lipinski definition) is 20. The lowest BCUT2D eigenvalue weighted by molar-refractivity contribution is -0.141. The predicted molar refractivity (Wildman–Crippen MR) is 581 cm³/mol. The molecule has 0 aromatic heterocycles. The van der Waals surface area contributed by atoms with Gasteiger partial charge in [0, 0.05) is 103 Å². The van der Waals surface area contributed by atoms with E-state index in [0.29, 0.717) is 214 Å². The summed E-state index contributed by atoms with van der Waals surface area (Å²) >= 11 is 35.9. The number of carboxylic acid groups (broad SMARTS) is 1. The van der Waals surface area contributed by atoms with Gasteiger partial charge in [-0.3, -0.25) is 19.2 Å². The van der Waals surface area contributed by atoms with E-state index in [2.05, 4.69) is 61.3 Å². The number of ether oxygens (including phenoxy) is 6. The maximum atomic E-state index is 13.7. The van der Waals surface area contributed by atoms with E-state index in [4.69, 9.17) is 91.5 Å². The Labute approximate surface area is 899 Å². The summed E-state index contributed by atoms with van der Waals surface area (Å²) in [6.07, 6.45) is 6.72. The minimum absolute atomic E-state index is 0.0720. The van der Waals surface area contributed by atoms with Crippen molar-refractivity contribution in [2.75, 3.05) is 171 Å². The molecule has 13 aromatic rings. The third-order valence-electron chi connectivity index (χ3n) is 29.8. The van der Waals surface area contributed by atoms with Gasteiger partial charge in [-0.1, -0.05) is 107 Å². The van der Waals surface area contributed by atoms with Crippen LogP contribution in [-0.4, -0.2) is 228 Å². The number of carbonyl (C=O) groups is 4. The summed E-state index contributed by atoms with van der Waals surface area (Å²) in [4.78, 5) is 66.8. The molecule has 35 heteroatoms. The van der Waals surface area contributed by atoms with Gasteiger partial charge in [0.05, 0.1) is 89.7 Å². The number of benzene rings is 13. The molecule has 13 aromatic carbocycles. The minimum Gasteiger partial charge on any atom is -0.486 e. The number of aliphatic hydroxyl groups is 3. The average molecular weight is 2220 g/mol. The number of fused-ring (bicyclic) bond motifs is 8. The monoisotopic (exact) mass is 2210 g/mol. The van der Waals surface area contributed by atoms with E-state index in [9.17, 15) is 56.4 Å². The maximum absolute atomic E-state index is 13.7. The lowest BCUT2D eigenvalue weighted by atomic mass is 9.99. The van der Waals surface area contributed by atoms with Gasteiger partial charge in [0.1, 0.15) is 87.0 Å². The van der Waals surface area contributed by atoms with Gasteiger partial charge >= 0.3 is 5.97 Å². The molecule has 0 bridgehead atoms. The van der Waals surface area contributed by atoms with Gasteiger partial charge in [-0.25, -0.2) is 22.0 Å². The van der Waals surface area contributed by atoms with E-state index in [-0.39, 0.29) is 70.5 Å². The normalized spacial score (nSPS) is 19.6. The molecule has 150 heavy (non-hydrogen) atoms. The van der Waals surface area contributed by atoms with Crippen LogP contribution in [0.1, 0.15) is 99.2 Å². The van der Waals surface area contributed by atoms with E-state index in [1.165, 1.54) is 60.7 Å². The number of carbonyl (C=O) groups excluding carboxylic acids is 3. The highest BCUT2D eigenvalue weighted by atomic mass is 79.9. The van der Waals surface area contributed by atoms with Gasteiger partial charge in [-0.15, -0.1) is 0 Å². The van der Waals surface area contributed by atoms with Crippen molar-refractivity contribution in [2.45, 2.75) is 101 Å². The molecule has 7 N–H and O–H groups in total. The second kappa shape index (κ2) is 48.6. The Kier molecular flexibility index (Phi) is 34.6. The van der Waals surface area contributed by atoms with Gasteiger partial charge in [-0.2, -0.15) is 0 Å². The molecule has 7 saturated heterocycles. The summed E-state index contributed by atoms with van der Waals surface area (Å²) in [7, 11) is 0. The molecule has 24 nitrogen and oxygen atoms in total. The maximum Gasteiger partial charge on any atom is 0.308 e. The summed E-state index contributed by atoms with van der Waals surface area (Å²) < 4.78 is 102. The number of aliphatic hydroxyl groups excluding tert-OH is 3. The SMILES string of the molecule is Fc1ccc2c(Cl)c(Br)ccc2c1.O=C(N[C@H](CN1CCCC1)[C@H](O)c1ccc2c(c1)OCCO2)C1CCN(c2ccc3cc(F)ccc3c2Cl)C1.O=C(N[C@H](CN1CCCC1)[C@H](O)c1ccc2c(c1)OCCO2)[C@@H]1CCN(c2ccc3cc(F)ccc3c2Cl)C1.O=C(N[C@H](CN1CCCC1)[C@H](O)c1ccc2c(c1)OCCO2)[C@H]1CCN(c2ccc3cc(F)ccc3c2Cl)C1.O=C(O)C1CCN(c2ccc3cc(F)ccc3c2Cl)C1. The topological polar surface area (TPSA) is 263 Å². The van der Waals surface area contributed by atoms with Gasteiger partial charge in [0.2, 0.25) is 17.7 Å². The zero-order chi connectivity index (χ0) is 104. The quantitative estimate of drug-likeness (QED) is 0.0294. The smallest absolute Gasteiger partial charge is 0.308 e. The Morgan fingerprint density at radius 1 is 0.307 bits per heavy atom. The van der Waals surface area contributed by atoms with Crippen molar-refractivity contribution in [1.82, 2.24) is 30.7 Å². The number of amides is 3. The fourth-order valence-electron chi connectivity index (χ4n) is 21.7. The zero-order valence-corrected chi connectivity index (χ0v) is 87.8. The average Bonchev–Trinajstić information content (AvgIpc) is 1.61. The molecule has 2 unspecified atom stereocenters. The molecule has 0 saturated carbocycles. The van der Waals surface area contributed by atoms with Crippen LogP contribution in [0.3, 0.4) is 0 Å². The Balaban J connectivity index is 0.000000123. The van der Waals surface area contributed by atoms with E-state index in [1.54, 1.807) is 30.3 Å². The van der Waals surface area contributed by atoms with Crippen molar-refractivity contribution in [3.63, 3.8) is 0 Å². The number of rotatable bonds is 23. The number of aliphatic carboxylic acids is 1. The first-order valence-electron chi connectivity index (χ1n) is 51.2. The molecule has 788 valence electrons. The number of anilines is 4. The highest BCUT2D eigenvalue weighted by Crippen LogP contribution is 2.45. The second-order valence-corrected chi connectivity index (χ2v) is 42.5. The first kappa shape index (κ1) is 107. The van der Waals surface area contributed by atoms with Crippen LogP contribution in [0.25, 0.3) is 53.9 Å². The molecular formula is C115H117BrCl5F5N10O14. The molecule has 10 aliphatic heterocycles. The molecule has 7 fully saturated rings. The Bertz CT molecular complexity index is 6630. The molecule has 0 radical (unpaired) electrons. The number of nitrogens with zero attached hydrogens (tertiary/aromatic N) is 7. The standard InChI is InChI=1S/3C30H33ClFN3O4.C15H13ClFNO2.C10H5BrClF/c3*31-28-23-6-5-22(32)15-19(23)3-7-25(28)35-12-9-21(17-35)30(37)33-24(18-34-10-1-2-11-34)29(36)20-4-8-26-27(16-20)39-14-13-38-26;16-14-12-3-2-11(17)7-9(12)1-4-13(14)18-6-5-10(8-18)15(19)20;11-9-4-1-6-5-7(13)2-3-8(6)10(9)12/h3*3-8,15-16,21,24,29,36H,1-2,9-14,17-18H2,(H,33,37);1-4,7,10H,5-6,8H2,(H,19,20);1-5H/t21?,24-,29-;21-,24+,29+;21-,24-,29-;;/m101../s1. The third-order valence-corrected chi connectivity index (χ3v) is 32.7.